The molecule has 11 heteroatoms. The van der Waals surface area contributed by atoms with Crippen LogP contribution in [0.1, 0.15) is 15.9 Å². The molecule has 0 atom stereocenters. The van der Waals surface area contributed by atoms with Gasteiger partial charge in [-0.2, -0.15) is 0 Å². The van der Waals surface area contributed by atoms with E-state index < -0.39 is 20.9 Å². The van der Waals surface area contributed by atoms with E-state index in [2.05, 4.69) is 10.3 Å². The van der Waals surface area contributed by atoms with Gasteiger partial charge in [-0.15, -0.1) is 0 Å². The second kappa shape index (κ2) is 6.44. The molecule has 134 valence electrons. The predicted molar refractivity (Wildman–Crippen MR) is 96.8 cm³/mol. The van der Waals surface area contributed by atoms with E-state index in [4.69, 9.17) is 5.14 Å². The summed E-state index contributed by atoms with van der Waals surface area (Å²) in [5, 5.41) is 18.9. The van der Waals surface area contributed by atoms with Crippen molar-refractivity contribution >= 4 is 48.3 Å². The maximum atomic E-state index is 12.4. The fourth-order valence-electron chi connectivity index (χ4n) is 2.37. The Balaban J connectivity index is 1.93. The normalized spacial score (nSPS) is 11.5. The van der Waals surface area contributed by atoms with Crippen molar-refractivity contribution < 1.29 is 18.1 Å². The van der Waals surface area contributed by atoms with Crippen molar-refractivity contribution in [1.29, 1.82) is 0 Å². The van der Waals surface area contributed by atoms with Gasteiger partial charge in [-0.1, -0.05) is 17.4 Å². The molecule has 1 heterocycles. The lowest BCUT2D eigenvalue weighted by molar-refractivity contribution is -0.385. The minimum absolute atomic E-state index is 0.0546. The van der Waals surface area contributed by atoms with Crippen LogP contribution in [0.25, 0.3) is 10.2 Å². The summed E-state index contributed by atoms with van der Waals surface area (Å²) in [5.74, 6) is -0.545. The topological polar surface area (TPSA) is 145 Å². The van der Waals surface area contributed by atoms with Crippen LogP contribution >= 0.6 is 11.3 Å². The Bertz CT molecular complexity index is 1150. The molecule has 3 rings (SSSR count). The van der Waals surface area contributed by atoms with Crippen LogP contribution in [0, 0.1) is 17.0 Å². The van der Waals surface area contributed by atoms with Crippen molar-refractivity contribution in [3.05, 3.63) is 57.6 Å². The first-order chi connectivity index (χ1) is 12.2. The zero-order valence-corrected chi connectivity index (χ0v) is 14.9. The number of thiazole rings is 1. The fourth-order valence-corrected chi connectivity index (χ4v) is 3.88. The van der Waals surface area contributed by atoms with E-state index in [9.17, 15) is 23.3 Å². The Kier molecular flexibility index (Phi) is 4.44. The molecule has 0 spiro atoms. The molecule has 0 aliphatic heterocycles. The Morgan fingerprint density at radius 2 is 2.04 bits per heavy atom. The number of amides is 1. The lowest BCUT2D eigenvalue weighted by atomic mass is 10.1. The summed E-state index contributed by atoms with van der Waals surface area (Å²) in [4.78, 5) is 27.0. The number of carbonyl (C=O) groups is 1. The van der Waals surface area contributed by atoms with Crippen molar-refractivity contribution in [3.8, 4) is 0 Å². The SMILES string of the molecule is Cc1c(C(=O)Nc2nc3ccc(S(N)(=O)=O)cc3s2)cccc1[N+](=O)[O-]. The van der Waals surface area contributed by atoms with Gasteiger partial charge in [-0.05, 0) is 31.2 Å². The zero-order chi connectivity index (χ0) is 19.1. The van der Waals surface area contributed by atoms with Crippen molar-refractivity contribution in [1.82, 2.24) is 4.98 Å². The minimum Gasteiger partial charge on any atom is -0.298 e. The molecular weight excluding hydrogens is 380 g/mol. The molecule has 2 aromatic carbocycles. The van der Waals surface area contributed by atoms with Gasteiger partial charge in [-0.25, -0.2) is 18.5 Å². The number of nitrogens with zero attached hydrogens (tertiary/aromatic N) is 2. The summed E-state index contributed by atoms with van der Waals surface area (Å²) >= 11 is 1.07. The largest absolute Gasteiger partial charge is 0.298 e. The first kappa shape index (κ1) is 17.9. The standard InChI is InChI=1S/C15H12N4O5S2/c1-8-10(3-2-4-12(8)19(21)22)14(20)18-15-17-11-6-5-9(26(16,23)24)7-13(11)25-15/h2-7H,1H3,(H2,16,23,24)(H,17,18,20). The lowest BCUT2D eigenvalue weighted by Gasteiger charge is -2.05. The van der Waals surface area contributed by atoms with E-state index >= 15 is 0 Å². The number of nitrogens with one attached hydrogen (secondary N) is 1. The van der Waals surface area contributed by atoms with Crippen molar-refractivity contribution in [2.45, 2.75) is 11.8 Å². The fraction of sp³-hybridized carbons (Fsp3) is 0.0667. The predicted octanol–water partition coefficient (Wildman–Crippen LogP) is 2.41. The lowest BCUT2D eigenvalue weighted by Crippen LogP contribution is -2.13. The molecule has 0 saturated carbocycles. The Morgan fingerprint density at radius 1 is 1.31 bits per heavy atom. The van der Waals surface area contributed by atoms with E-state index in [0.717, 1.165) is 11.3 Å². The zero-order valence-electron chi connectivity index (χ0n) is 13.3. The van der Waals surface area contributed by atoms with Gasteiger partial charge in [0.2, 0.25) is 10.0 Å². The monoisotopic (exact) mass is 392 g/mol. The Labute approximate surface area is 151 Å². The molecule has 0 bridgehead atoms. The molecule has 1 amide bonds. The number of rotatable bonds is 4. The number of nitro benzene ring substituents is 1. The summed E-state index contributed by atoms with van der Waals surface area (Å²) in [5.41, 5.74) is 0.740. The van der Waals surface area contributed by atoms with Crippen LogP contribution in [0.15, 0.2) is 41.3 Å². The number of fused-ring (bicyclic) bond motifs is 1. The molecular formula is C15H12N4O5S2. The van der Waals surface area contributed by atoms with Gasteiger partial charge >= 0.3 is 0 Å². The molecule has 9 nitrogen and oxygen atoms in total. The second-order valence-corrected chi connectivity index (χ2v) is 7.95. The molecule has 0 radical (unpaired) electrons. The first-order valence-electron chi connectivity index (χ1n) is 7.15. The molecule has 1 aromatic heterocycles. The van der Waals surface area contributed by atoms with Gasteiger partial charge in [0, 0.05) is 17.2 Å². The smallest absolute Gasteiger partial charge is 0.273 e. The number of anilines is 1. The van der Waals surface area contributed by atoms with Gasteiger partial charge in [-0.3, -0.25) is 20.2 Å². The Hall–Kier alpha value is -2.89. The third-order valence-electron chi connectivity index (χ3n) is 3.66. The summed E-state index contributed by atoms with van der Waals surface area (Å²) in [7, 11) is -3.84. The van der Waals surface area contributed by atoms with Crippen molar-refractivity contribution in [2.75, 3.05) is 5.32 Å². The average Bonchev–Trinajstić information content (AvgIpc) is 2.95. The molecule has 3 aromatic rings. The summed E-state index contributed by atoms with van der Waals surface area (Å²) in [6.45, 7) is 1.49. The third-order valence-corrected chi connectivity index (χ3v) is 5.50. The van der Waals surface area contributed by atoms with Crippen LogP contribution in [-0.4, -0.2) is 24.2 Å². The molecule has 0 aliphatic carbocycles. The van der Waals surface area contributed by atoms with Crippen LogP contribution in [0.2, 0.25) is 0 Å². The quantitative estimate of drug-likeness (QED) is 0.515. The number of benzene rings is 2. The molecule has 0 fully saturated rings. The number of aromatic nitrogens is 1. The highest BCUT2D eigenvalue weighted by Gasteiger charge is 2.19. The molecule has 0 unspecified atom stereocenters. The van der Waals surface area contributed by atoms with Gasteiger partial charge in [0.25, 0.3) is 11.6 Å². The highest BCUT2D eigenvalue weighted by molar-refractivity contribution is 7.89. The van der Waals surface area contributed by atoms with Crippen LogP contribution in [0.3, 0.4) is 0 Å². The average molecular weight is 392 g/mol. The van der Waals surface area contributed by atoms with Crippen molar-refractivity contribution in [2.24, 2.45) is 5.14 Å². The molecule has 0 aliphatic rings. The Morgan fingerprint density at radius 3 is 2.69 bits per heavy atom. The highest BCUT2D eigenvalue weighted by Crippen LogP contribution is 2.29. The number of sulfonamides is 1. The number of nitro groups is 1. The molecule has 26 heavy (non-hydrogen) atoms. The minimum atomic E-state index is -3.84. The van der Waals surface area contributed by atoms with E-state index in [0.29, 0.717) is 10.2 Å². The van der Waals surface area contributed by atoms with Crippen LogP contribution < -0.4 is 10.5 Å². The first-order valence-corrected chi connectivity index (χ1v) is 9.52. The highest BCUT2D eigenvalue weighted by atomic mass is 32.2. The van der Waals surface area contributed by atoms with E-state index in [1.54, 1.807) is 0 Å². The summed E-state index contributed by atoms with van der Waals surface area (Å²) in [6.07, 6.45) is 0. The third kappa shape index (κ3) is 3.40. The summed E-state index contributed by atoms with van der Waals surface area (Å²) in [6, 6.07) is 8.41. The van der Waals surface area contributed by atoms with Gasteiger partial charge in [0.1, 0.15) is 0 Å². The number of hydrogen-bond acceptors (Lipinski definition) is 7. The maximum Gasteiger partial charge on any atom is 0.273 e. The molecule has 3 N–H and O–H groups in total. The van der Waals surface area contributed by atoms with E-state index in [-0.39, 0.29) is 26.8 Å². The molecule has 0 saturated heterocycles. The van der Waals surface area contributed by atoms with Crippen LogP contribution in [0.5, 0.6) is 0 Å². The number of nitrogens with two attached hydrogens (primary N) is 1. The number of carbonyl (C=O) groups excluding carboxylic acids is 1. The number of hydrogen-bond donors (Lipinski definition) is 2. The second-order valence-electron chi connectivity index (χ2n) is 5.35. The van der Waals surface area contributed by atoms with Crippen LogP contribution in [-0.2, 0) is 10.0 Å². The van der Waals surface area contributed by atoms with E-state index in [1.807, 2.05) is 0 Å². The van der Waals surface area contributed by atoms with Gasteiger partial charge in [0.05, 0.1) is 20.0 Å². The van der Waals surface area contributed by atoms with Crippen LogP contribution in [0.4, 0.5) is 10.8 Å². The van der Waals surface area contributed by atoms with E-state index in [1.165, 1.54) is 43.3 Å². The number of primary sulfonamides is 1. The van der Waals surface area contributed by atoms with Crippen molar-refractivity contribution in [3.63, 3.8) is 0 Å². The summed E-state index contributed by atoms with van der Waals surface area (Å²) < 4.78 is 23.3. The van der Waals surface area contributed by atoms with Gasteiger partial charge < -0.3 is 0 Å². The van der Waals surface area contributed by atoms with Gasteiger partial charge in [0.15, 0.2) is 5.13 Å². The maximum absolute atomic E-state index is 12.4.